The van der Waals surface area contributed by atoms with Gasteiger partial charge in [0.05, 0.1) is 0 Å². The van der Waals surface area contributed by atoms with E-state index in [1.54, 1.807) is 11.8 Å². The summed E-state index contributed by atoms with van der Waals surface area (Å²) in [5, 5.41) is 9.77. The highest BCUT2D eigenvalue weighted by atomic mass is 32.2. The summed E-state index contributed by atoms with van der Waals surface area (Å²) in [5.74, 6) is 4.36. The van der Waals surface area contributed by atoms with Crippen molar-refractivity contribution in [1.82, 2.24) is 14.8 Å². The molecule has 0 saturated heterocycles. The Bertz CT molecular complexity index is 1260. The summed E-state index contributed by atoms with van der Waals surface area (Å²) in [6, 6.07) is 25.4. The summed E-state index contributed by atoms with van der Waals surface area (Å²) in [7, 11) is 0. The fourth-order valence-electron chi connectivity index (χ4n) is 3.86. The molecule has 0 bridgehead atoms. The van der Waals surface area contributed by atoms with Crippen LogP contribution in [0.15, 0.2) is 84.0 Å². The molecule has 8 heteroatoms. The van der Waals surface area contributed by atoms with E-state index < -0.39 is 0 Å². The summed E-state index contributed by atoms with van der Waals surface area (Å²) in [6.45, 7) is 0.857. The van der Waals surface area contributed by atoms with Crippen LogP contribution in [0.25, 0.3) is 5.69 Å². The van der Waals surface area contributed by atoms with Crippen molar-refractivity contribution in [2.24, 2.45) is 0 Å². The number of ether oxygens (including phenoxy) is 4. The smallest absolute Gasteiger partial charge is 0.196 e. The van der Waals surface area contributed by atoms with Gasteiger partial charge in [-0.2, -0.15) is 0 Å². The average molecular weight is 460 g/mol. The Morgan fingerprint density at radius 1 is 0.727 bits per heavy atom. The maximum absolute atomic E-state index is 6.22. The van der Waals surface area contributed by atoms with Crippen LogP contribution in [0.2, 0.25) is 0 Å². The zero-order chi connectivity index (χ0) is 22.0. The molecule has 0 saturated carbocycles. The lowest BCUT2D eigenvalue weighted by Gasteiger charge is -2.27. The van der Waals surface area contributed by atoms with E-state index in [1.807, 2.05) is 83.4 Å². The molecule has 0 amide bonds. The fraction of sp³-hybridized carbons (Fsp3) is 0.200. The van der Waals surface area contributed by atoms with Gasteiger partial charge in [-0.1, -0.05) is 54.2 Å². The number of para-hydroxylation sites is 5. The van der Waals surface area contributed by atoms with Crippen LogP contribution < -0.4 is 18.9 Å². The first-order valence-corrected chi connectivity index (χ1v) is 11.7. The highest BCUT2D eigenvalue weighted by Crippen LogP contribution is 2.37. The lowest BCUT2D eigenvalue weighted by molar-refractivity contribution is 0.0835. The lowest BCUT2D eigenvalue weighted by atomic mass is 10.2. The molecular formula is C25H21N3O4S. The van der Waals surface area contributed by atoms with Gasteiger partial charge in [0.25, 0.3) is 0 Å². The Labute approximate surface area is 195 Å². The van der Waals surface area contributed by atoms with Crippen molar-refractivity contribution < 1.29 is 18.9 Å². The van der Waals surface area contributed by atoms with E-state index in [4.69, 9.17) is 18.9 Å². The molecule has 0 fully saturated rings. The molecule has 0 spiro atoms. The van der Waals surface area contributed by atoms with Gasteiger partial charge in [0.2, 0.25) is 0 Å². The standard InChI is InChI=1S/C25H21N3O4S/c1-2-8-17(9-3-1)28-24(23-15-30-20-11-5-7-13-22(20)32-23)26-27-25(28)33-16-18-14-29-19-10-4-6-12-21(19)31-18/h1-13,18,23H,14-16H2/t18-,23-/m0/s1. The van der Waals surface area contributed by atoms with Gasteiger partial charge >= 0.3 is 0 Å². The zero-order valence-electron chi connectivity index (χ0n) is 17.7. The predicted molar refractivity (Wildman–Crippen MR) is 124 cm³/mol. The third kappa shape index (κ3) is 3.98. The second kappa shape index (κ2) is 8.71. The maximum Gasteiger partial charge on any atom is 0.196 e. The molecule has 166 valence electrons. The van der Waals surface area contributed by atoms with Gasteiger partial charge < -0.3 is 18.9 Å². The van der Waals surface area contributed by atoms with E-state index in [1.165, 1.54) is 0 Å². The van der Waals surface area contributed by atoms with Crippen molar-refractivity contribution in [3.05, 3.63) is 84.7 Å². The fourth-order valence-corrected chi connectivity index (χ4v) is 4.79. The summed E-state index contributed by atoms with van der Waals surface area (Å²) in [6.07, 6.45) is -0.460. The number of hydrogen-bond donors (Lipinski definition) is 0. The van der Waals surface area contributed by atoms with Crippen molar-refractivity contribution in [3.63, 3.8) is 0 Å². The number of aromatic nitrogens is 3. The highest BCUT2D eigenvalue weighted by Gasteiger charge is 2.30. The number of hydrogen-bond acceptors (Lipinski definition) is 7. The van der Waals surface area contributed by atoms with Crippen LogP contribution in [-0.2, 0) is 0 Å². The second-order valence-electron chi connectivity index (χ2n) is 7.68. The Hall–Kier alpha value is -3.65. The number of rotatable bonds is 5. The van der Waals surface area contributed by atoms with E-state index in [0.717, 1.165) is 28.1 Å². The zero-order valence-corrected chi connectivity index (χ0v) is 18.5. The first kappa shape index (κ1) is 20.0. The van der Waals surface area contributed by atoms with Crippen molar-refractivity contribution >= 4 is 11.8 Å². The quantitative estimate of drug-likeness (QED) is 0.400. The van der Waals surface area contributed by atoms with E-state index in [2.05, 4.69) is 10.2 Å². The molecular weight excluding hydrogens is 438 g/mol. The molecule has 0 N–H and O–H groups in total. The molecule has 7 nitrogen and oxygen atoms in total. The summed E-state index contributed by atoms with van der Waals surface area (Å²) < 4.78 is 26.2. The lowest BCUT2D eigenvalue weighted by Crippen LogP contribution is -2.31. The number of fused-ring (bicyclic) bond motifs is 2. The van der Waals surface area contributed by atoms with Crippen LogP contribution in [0.3, 0.4) is 0 Å². The predicted octanol–water partition coefficient (Wildman–Crippen LogP) is 4.71. The topological polar surface area (TPSA) is 67.6 Å². The van der Waals surface area contributed by atoms with Gasteiger partial charge in [0, 0.05) is 11.4 Å². The first-order chi connectivity index (χ1) is 16.3. The molecule has 2 aliphatic heterocycles. The van der Waals surface area contributed by atoms with Crippen molar-refractivity contribution in [3.8, 4) is 28.7 Å². The van der Waals surface area contributed by atoms with Crippen LogP contribution in [-0.4, -0.2) is 39.8 Å². The third-order valence-electron chi connectivity index (χ3n) is 5.44. The molecule has 33 heavy (non-hydrogen) atoms. The van der Waals surface area contributed by atoms with E-state index >= 15 is 0 Å². The van der Waals surface area contributed by atoms with Gasteiger partial charge in [-0.3, -0.25) is 4.57 Å². The largest absolute Gasteiger partial charge is 0.486 e. The minimum atomic E-state index is -0.372. The molecule has 3 aromatic carbocycles. The Kier molecular flexibility index (Phi) is 5.28. The van der Waals surface area contributed by atoms with Crippen LogP contribution in [0.4, 0.5) is 0 Å². The van der Waals surface area contributed by atoms with Crippen LogP contribution >= 0.6 is 11.8 Å². The monoisotopic (exact) mass is 459 g/mol. The van der Waals surface area contributed by atoms with E-state index in [0.29, 0.717) is 30.5 Å². The Morgan fingerprint density at radius 3 is 2.12 bits per heavy atom. The summed E-state index contributed by atoms with van der Waals surface area (Å²) in [4.78, 5) is 0. The van der Waals surface area contributed by atoms with Crippen molar-refractivity contribution in [2.75, 3.05) is 19.0 Å². The average Bonchev–Trinajstić information content (AvgIpc) is 3.31. The summed E-state index contributed by atoms with van der Waals surface area (Å²) in [5.41, 5.74) is 0.966. The molecule has 1 aromatic heterocycles. The van der Waals surface area contributed by atoms with Gasteiger partial charge in [-0.05, 0) is 36.4 Å². The first-order valence-electron chi connectivity index (χ1n) is 10.8. The Balaban J connectivity index is 1.26. The number of nitrogens with zero attached hydrogens (tertiary/aromatic N) is 3. The van der Waals surface area contributed by atoms with E-state index in [-0.39, 0.29) is 12.2 Å². The van der Waals surface area contributed by atoms with Crippen LogP contribution in [0, 0.1) is 0 Å². The third-order valence-corrected chi connectivity index (χ3v) is 6.50. The Morgan fingerprint density at radius 2 is 1.36 bits per heavy atom. The van der Waals surface area contributed by atoms with Crippen LogP contribution in [0.1, 0.15) is 11.9 Å². The second-order valence-corrected chi connectivity index (χ2v) is 8.67. The highest BCUT2D eigenvalue weighted by molar-refractivity contribution is 7.99. The van der Waals surface area contributed by atoms with Crippen molar-refractivity contribution in [1.29, 1.82) is 0 Å². The molecule has 0 unspecified atom stereocenters. The summed E-state index contributed by atoms with van der Waals surface area (Å²) >= 11 is 1.58. The van der Waals surface area contributed by atoms with Gasteiger partial charge in [0.1, 0.15) is 19.3 Å². The molecule has 0 aliphatic carbocycles. The van der Waals surface area contributed by atoms with Crippen molar-refractivity contribution in [2.45, 2.75) is 17.4 Å². The SMILES string of the molecule is c1ccc(-n2c(SC[C@@H]3COc4ccccc4O3)nnc2[C@@H]2COc3ccccc3O2)cc1. The molecule has 4 aromatic rings. The van der Waals surface area contributed by atoms with Crippen LogP contribution in [0.5, 0.6) is 23.0 Å². The molecule has 0 radical (unpaired) electrons. The maximum atomic E-state index is 6.22. The minimum absolute atomic E-state index is 0.0876. The minimum Gasteiger partial charge on any atom is -0.486 e. The molecule has 2 aliphatic rings. The molecule has 2 atom stereocenters. The number of benzene rings is 3. The normalized spacial score (nSPS) is 18.7. The van der Waals surface area contributed by atoms with E-state index in [9.17, 15) is 0 Å². The number of thioether (sulfide) groups is 1. The molecule has 6 rings (SSSR count). The molecule has 3 heterocycles. The van der Waals surface area contributed by atoms with Gasteiger partial charge in [0.15, 0.2) is 40.1 Å². The van der Waals surface area contributed by atoms with Gasteiger partial charge in [-0.15, -0.1) is 10.2 Å². The van der Waals surface area contributed by atoms with Gasteiger partial charge in [-0.25, -0.2) is 0 Å².